The Morgan fingerprint density at radius 1 is 0.759 bits per heavy atom. The van der Waals surface area contributed by atoms with E-state index in [0.717, 1.165) is 24.4 Å². The van der Waals surface area contributed by atoms with Crippen LogP contribution in [-0.2, 0) is 24.4 Å². The average Bonchev–Trinajstić information content (AvgIpc) is 2.76. The van der Waals surface area contributed by atoms with E-state index in [4.69, 9.17) is 9.47 Å². The molecule has 0 aliphatic heterocycles. The monoisotopic (exact) mass is 391 g/mol. The van der Waals surface area contributed by atoms with Crippen LogP contribution in [-0.4, -0.2) is 36.4 Å². The fraction of sp³-hybridized carbons (Fsp3) is 0.280. The van der Waals surface area contributed by atoms with E-state index in [1.165, 1.54) is 11.1 Å². The van der Waals surface area contributed by atoms with Crippen LogP contribution in [0.4, 0.5) is 0 Å². The molecule has 0 aliphatic rings. The smallest absolute Gasteiger partial charge is 0.118 e. The molecule has 0 saturated heterocycles. The summed E-state index contributed by atoms with van der Waals surface area (Å²) in [4.78, 5) is 2.24. The molecule has 0 amide bonds. The van der Waals surface area contributed by atoms with Crippen molar-refractivity contribution in [2.75, 3.05) is 20.3 Å². The number of aliphatic hydroxyl groups is 1. The molecule has 0 bridgehead atoms. The van der Waals surface area contributed by atoms with Gasteiger partial charge in [0, 0.05) is 19.6 Å². The number of benzene rings is 3. The van der Waals surface area contributed by atoms with Gasteiger partial charge >= 0.3 is 0 Å². The molecule has 1 atom stereocenters. The van der Waals surface area contributed by atoms with Crippen molar-refractivity contribution >= 4 is 0 Å². The first-order valence-corrected chi connectivity index (χ1v) is 9.92. The Hall–Kier alpha value is -2.66. The molecule has 29 heavy (non-hydrogen) atoms. The van der Waals surface area contributed by atoms with E-state index in [0.29, 0.717) is 19.8 Å². The van der Waals surface area contributed by atoms with E-state index in [9.17, 15) is 5.11 Å². The molecule has 4 nitrogen and oxygen atoms in total. The van der Waals surface area contributed by atoms with Crippen LogP contribution >= 0.6 is 0 Å². The summed E-state index contributed by atoms with van der Waals surface area (Å²) in [5.74, 6) is 0.845. The standard InChI is InChI=1S/C25H29NO3/c1-28-25-14-12-22(13-15-25)17-26(16-21-8-4-2-5-9-21)18-24(27)20-29-19-23-10-6-3-7-11-23/h2-15,24,27H,16-20H2,1H3/t24-/m1/s1. The normalized spacial score (nSPS) is 12.1. The average molecular weight is 392 g/mol. The van der Waals surface area contributed by atoms with Crippen LogP contribution < -0.4 is 4.74 Å². The third kappa shape index (κ3) is 7.35. The minimum absolute atomic E-state index is 0.308. The number of hydrogen-bond donors (Lipinski definition) is 1. The summed E-state index contributed by atoms with van der Waals surface area (Å²) in [5, 5.41) is 10.5. The lowest BCUT2D eigenvalue weighted by molar-refractivity contribution is 0.00712. The first kappa shape index (κ1) is 21.1. The summed E-state index contributed by atoms with van der Waals surface area (Å²) >= 11 is 0. The van der Waals surface area contributed by atoms with Gasteiger partial charge < -0.3 is 14.6 Å². The molecule has 152 valence electrons. The maximum absolute atomic E-state index is 10.5. The van der Waals surface area contributed by atoms with E-state index in [1.54, 1.807) is 7.11 Å². The van der Waals surface area contributed by atoms with Crippen molar-refractivity contribution in [2.24, 2.45) is 0 Å². The molecule has 0 saturated carbocycles. The summed E-state index contributed by atoms with van der Waals surface area (Å²) < 4.78 is 11.0. The lowest BCUT2D eigenvalue weighted by Gasteiger charge is -2.25. The zero-order valence-corrected chi connectivity index (χ0v) is 16.9. The van der Waals surface area contributed by atoms with Gasteiger partial charge in [-0.15, -0.1) is 0 Å². The molecule has 3 rings (SSSR count). The van der Waals surface area contributed by atoms with Crippen LogP contribution in [0.2, 0.25) is 0 Å². The molecule has 0 spiro atoms. The number of ether oxygens (including phenoxy) is 2. The molecule has 1 N–H and O–H groups in total. The van der Waals surface area contributed by atoms with Gasteiger partial charge in [-0.2, -0.15) is 0 Å². The summed E-state index contributed by atoms with van der Waals surface area (Å²) in [6.07, 6.45) is -0.555. The third-order valence-electron chi connectivity index (χ3n) is 4.70. The van der Waals surface area contributed by atoms with Gasteiger partial charge in [0.25, 0.3) is 0 Å². The molecule has 0 unspecified atom stereocenters. The van der Waals surface area contributed by atoms with Gasteiger partial charge in [0.2, 0.25) is 0 Å². The second-order valence-corrected chi connectivity index (χ2v) is 7.16. The largest absolute Gasteiger partial charge is 0.497 e. The van der Waals surface area contributed by atoms with Crippen molar-refractivity contribution in [3.8, 4) is 5.75 Å². The highest BCUT2D eigenvalue weighted by molar-refractivity contribution is 5.27. The second kappa shape index (κ2) is 11.4. The maximum Gasteiger partial charge on any atom is 0.118 e. The highest BCUT2D eigenvalue weighted by Gasteiger charge is 2.14. The van der Waals surface area contributed by atoms with Crippen LogP contribution in [0.1, 0.15) is 16.7 Å². The summed E-state index contributed by atoms with van der Waals surface area (Å²) in [5.41, 5.74) is 3.51. The van der Waals surface area contributed by atoms with Gasteiger partial charge in [-0.25, -0.2) is 0 Å². The van der Waals surface area contributed by atoms with E-state index < -0.39 is 6.10 Å². The van der Waals surface area contributed by atoms with Crippen molar-refractivity contribution in [1.29, 1.82) is 0 Å². The van der Waals surface area contributed by atoms with Gasteiger partial charge in [-0.05, 0) is 28.8 Å². The van der Waals surface area contributed by atoms with Crippen LogP contribution in [0.5, 0.6) is 5.75 Å². The number of rotatable bonds is 11. The van der Waals surface area contributed by atoms with Gasteiger partial charge in [0.05, 0.1) is 26.4 Å². The van der Waals surface area contributed by atoms with Gasteiger partial charge in [-0.1, -0.05) is 72.8 Å². The quantitative estimate of drug-likeness (QED) is 0.530. The fourth-order valence-electron chi connectivity index (χ4n) is 3.25. The van der Waals surface area contributed by atoms with Crippen LogP contribution in [0, 0.1) is 0 Å². The number of nitrogens with zero attached hydrogens (tertiary/aromatic N) is 1. The summed E-state index contributed by atoms with van der Waals surface area (Å²) in [6.45, 7) is 2.87. The Labute approximate surface area is 173 Å². The Bertz CT molecular complexity index is 822. The fourth-order valence-corrected chi connectivity index (χ4v) is 3.25. The van der Waals surface area contributed by atoms with Crippen LogP contribution in [0.25, 0.3) is 0 Å². The first-order chi connectivity index (χ1) is 14.2. The second-order valence-electron chi connectivity index (χ2n) is 7.16. The predicted molar refractivity (Wildman–Crippen MR) is 116 cm³/mol. The van der Waals surface area contributed by atoms with Crippen molar-refractivity contribution in [3.05, 3.63) is 102 Å². The zero-order chi connectivity index (χ0) is 20.3. The van der Waals surface area contributed by atoms with E-state index >= 15 is 0 Å². The van der Waals surface area contributed by atoms with E-state index in [2.05, 4.69) is 29.2 Å². The number of aliphatic hydroxyl groups excluding tert-OH is 1. The number of methoxy groups -OCH3 is 1. The number of hydrogen-bond acceptors (Lipinski definition) is 4. The van der Waals surface area contributed by atoms with Gasteiger partial charge in [-0.3, -0.25) is 4.90 Å². The molecular weight excluding hydrogens is 362 g/mol. The Morgan fingerprint density at radius 3 is 1.90 bits per heavy atom. The molecule has 0 heterocycles. The highest BCUT2D eigenvalue weighted by Crippen LogP contribution is 2.15. The minimum Gasteiger partial charge on any atom is -0.497 e. The van der Waals surface area contributed by atoms with Gasteiger partial charge in [0.15, 0.2) is 0 Å². The molecule has 3 aromatic carbocycles. The van der Waals surface area contributed by atoms with Crippen molar-refractivity contribution in [1.82, 2.24) is 4.90 Å². The summed E-state index contributed by atoms with van der Waals surface area (Å²) in [6, 6.07) is 28.4. The summed E-state index contributed by atoms with van der Waals surface area (Å²) in [7, 11) is 1.67. The predicted octanol–water partition coefficient (Wildman–Crippen LogP) is 4.28. The topological polar surface area (TPSA) is 41.9 Å². The maximum atomic E-state index is 10.5. The lowest BCUT2D eigenvalue weighted by atomic mass is 10.1. The SMILES string of the molecule is COc1ccc(CN(Cc2ccccc2)C[C@@H](O)COCc2ccccc2)cc1. The molecule has 0 radical (unpaired) electrons. The first-order valence-electron chi connectivity index (χ1n) is 9.92. The third-order valence-corrected chi connectivity index (χ3v) is 4.70. The molecule has 0 aromatic heterocycles. The Balaban J connectivity index is 1.57. The minimum atomic E-state index is -0.555. The van der Waals surface area contributed by atoms with E-state index in [-0.39, 0.29) is 0 Å². The van der Waals surface area contributed by atoms with Crippen LogP contribution in [0.3, 0.4) is 0 Å². The molecule has 3 aromatic rings. The highest BCUT2D eigenvalue weighted by atomic mass is 16.5. The lowest BCUT2D eigenvalue weighted by Crippen LogP contribution is -2.34. The molecule has 0 aliphatic carbocycles. The Kier molecular flexibility index (Phi) is 8.25. The molecule has 4 heteroatoms. The zero-order valence-electron chi connectivity index (χ0n) is 16.9. The van der Waals surface area contributed by atoms with Crippen molar-refractivity contribution in [2.45, 2.75) is 25.8 Å². The van der Waals surface area contributed by atoms with E-state index in [1.807, 2.05) is 60.7 Å². The molecular formula is C25H29NO3. The van der Waals surface area contributed by atoms with Crippen molar-refractivity contribution in [3.63, 3.8) is 0 Å². The molecule has 0 fully saturated rings. The van der Waals surface area contributed by atoms with Crippen molar-refractivity contribution < 1.29 is 14.6 Å². The van der Waals surface area contributed by atoms with Gasteiger partial charge in [0.1, 0.15) is 5.75 Å². The van der Waals surface area contributed by atoms with Crippen LogP contribution in [0.15, 0.2) is 84.9 Å². The Morgan fingerprint density at radius 2 is 1.31 bits per heavy atom.